The molecule has 7 aromatic carbocycles. The first kappa shape index (κ1) is 28.7. The highest BCUT2D eigenvalue weighted by atomic mass is 32.2. The molecule has 0 saturated heterocycles. The molecule has 0 saturated carbocycles. The predicted molar refractivity (Wildman–Crippen MR) is 210 cm³/mol. The summed E-state index contributed by atoms with van der Waals surface area (Å²) in [5.74, 6) is 0.669. The first-order chi connectivity index (χ1) is 25.3. The molecule has 3 aromatic heterocycles. The number of nitrogens with zero attached hydrogens (tertiary/aromatic N) is 3. The topological polar surface area (TPSA) is 55.3 Å². The molecule has 7 heteroatoms. The van der Waals surface area contributed by atoms with Crippen LogP contribution in [0.2, 0.25) is 0 Å². The Labute approximate surface area is 300 Å². The fourth-order valence-corrected chi connectivity index (χ4v) is 9.10. The number of hydrogen-bond acceptors (Lipinski definition) is 7. The lowest BCUT2D eigenvalue weighted by molar-refractivity contribution is 0.669. The zero-order valence-electron chi connectivity index (χ0n) is 26.9. The highest BCUT2D eigenvalue weighted by molar-refractivity contribution is 7.99. The number of benzene rings is 7. The Morgan fingerprint density at radius 1 is 0.490 bits per heavy atom. The van der Waals surface area contributed by atoms with Crippen LogP contribution in [0.25, 0.3) is 77.0 Å². The standard InChI is InChI=1S/C44H25N3O2S2/c1-4-19-37-30(12-1)32-15-8-14-29(41(32)48-37)26-22-23-36-40(25-26)50-39-21-6-3-18-35(39)47(36)28-11-7-10-27(24-28)44-45-43(46-51-44)34-17-9-16-33-31-13-2-5-20-38(31)49-42(33)34/h1-25H. The summed E-state index contributed by atoms with van der Waals surface area (Å²) < 4.78 is 17.5. The number of hydrogen-bond donors (Lipinski definition) is 0. The molecule has 0 unspecified atom stereocenters. The van der Waals surface area contributed by atoms with Gasteiger partial charge in [-0.25, -0.2) is 4.98 Å². The Kier molecular flexibility index (Phi) is 6.29. The summed E-state index contributed by atoms with van der Waals surface area (Å²) in [6, 6.07) is 52.9. The van der Waals surface area contributed by atoms with Crippen LogP contribution in [0.4, 0.5) is 17.1 Å². The van der Waals surface area contributed by atoms with Crippen molar-refractivity contribution in [2.24, 2.45) is 0 Å². The van der Waals surface area contributed by atoms with E-state index in [9.17, 15) is 0 Å². The number of anilines is 3. The normalized spacial score (nSPS) is 12.6. The minimum atomic E-state index is 0.669. The number of para-hydroxylation sites is 5. The second-order valence-electron chi connectivity index (χ2n) is 12.6. The molecule has 0 radical (unpaired) electrons. The Hall–Kier alpha value is -6.15. The van der Waals surface area contributed by atoms with Gasteiger partial charge in [0.25, 0.3) is 0 Å². The Morgan fingerprint density at radius 3 is 1.94 bits per heavy atom. The van der Waals surface area contributed by atoms with E-state index < -0.39 is 0 Å². The van der Waals surface area contributed by atoms with Crippen molar-refractivity contribution in [3.05, 3.63) is 152 Å². The predicted octanol–water partition coefficient (Wildman–Crippen LogP) is 13.3. The molecular weight excluding hydrogens is 667 g/mol. The van der Waals surface area contributed by atoms with Gasteiger partial charge < -0.3 is 13.7 Å². The minimum Gasteiger partial charge on any atom is -0.455 e. The molecule has 0 aliphatic carbocycles. The molecule has 11 rings (SSSR count). The van der Waals surface area contributed by atoms with Crippen LogP contribution in [0.15, 0.2) is 170 Å². The molecule has 51 heavy (non-hydrogen) atoms. The summed E-state index contributed by atoms with van der Waals surface area (Å²) in [6.07, 6.45) is 0. The van der Waals surface area contributed by atoms with Crippen LogP contribution < -0.4 is 4.90 Å². The third-order valence-corrected chi connectivity index (χ3v) is 11.5. The van der Waals surface area contributed by atoms with Crippen LogP contribution in [0, 0.1) is 0 Å². The molecule has 4 heterocycles. The molecule has 0 atom stereocenters. The Bertz CT molecular complexity index is 2990. The van der Waals surface area contributed by atoms with E-state index in [-0.39, 0.29) is 0 Å². The third-order valence-electron chi connectivity index (χ3n) is 9.66. The van der Waals surface area contributed by atoms with Gasteiger partial charge in [-0.15, -0.1) is 0 Å². The maximum atomic E-state index is 6.42. The third kappa shape index (κ3) is 4.49. The van der Waals surface area contributed by atoms with Crippen molar-refractivity contribution in [1.29, 1.82) is 0 Å². The summed E-state index contributed by atoms with van der Waals surface area (Å²) in [6.45, 7) is 0. The van der Waals surface area contributed by atoms with E-state index in [2.05, 4.69) is 114 Å². The first-order valence-electron chi connectivity index (χ1n) is 16.7. The molecule has 1 aliphatic heterocycles. The number of fused-ring (bicyclic) bond motifs is 8. The molecule has 1 aliphatic rings. The zero-order valence-corrected chi connectivity index (χ0v) is 28.5. The van der Waals surface area contributed by atoms with E-state index >= 15 is 0 Å². The van der Waals surface area contributed by atoms with Gasteiger partial charge in [0.05, 0.1) is 16.9 Å². The molecule has 240 valence electrons. The monoisotopic (exact) mass is 691 g/mol. The average molecular weight is 692 g/mol. The van der Waals surface area contributed by atoms with Crippen molar-refractivity contribution in [3.63, 3.8) is 0 Å². The van der Waals surface area contributed by atoms with Gasteiger partial charge >= 0.3 is 0 Å². The summed E-state index contributed by atoms with van der Waals surface area (Å²) >= 11 is 3.21. The van der Waals surface area contributed by atoms with Gasteiger partial charge in [0.1, 0.15) is 27.3 Å². The van der Waals surface area contributed by atoms with Crippen LogP contribution in [-0.2, 0) is 0 Å². The van der Waals surface area contributed by atoms with Crippen molar-refractivity contribution in [2.45, 2.75) is 9.79 Å². The van der Waals surface area contributed by atoms with Crippen LogP contribution in [0.3, 0.4) is 0 Å². The lowest BCUT2D eigenvalue weighted by Gasteiger charge is -2.33. The van der Waals surface area contributed by atoms with Crippen molar-refractivity contribution in [3.8, 4) is 33.1 Å². The van der Waals surface area contributed by atoms with E-state index in [4.69, 9.17) is 18.2 Å². The van der Waals surface area contributed by atoms with E-state index in [1.807, 2.05) is 42.5 Å². The summed E-state index contributed by atoms with van der Waals surface area (Å²) in [7, 11) is 0. The quantitative estimate of drug-likeness (QED) is 0.183. The molecule has 10 aromatic rings. The number of rotatable bonds is 4. The van der Waals surface area contributed by atoms with Crippen LogP contribution in [-0.4, -0.2) is 9.36 Å². The van der Waals surface area contributed by atoms with Gasteiger partial charge in [-0.2, -0.15) is 4.37 Å². The lowest BCUT2D eigenvalue weighted by atomic mass is 10.0. The highest BCUT2D eigenvalue weighted by Gasteiger charge is 2.26. The maximum absolute atomic E-state index is 6.42. The molecule has 0 fully saturated rings. The van der Waals surface area contributed by atoms with Gasteiger partial charge in [0.15, 0.2) is 5.82 Å². The summed E-state index contributed by atoms with van der Waals surface area (Å²) in [4.78, 5) is 9.78. The van der Waals surface area contributed by atoms with E-state index in [0.29, 0.717) is 5.82 Å². The number of aromatic nitrogens is 2. The van der Waals surface area contributed by atoms with Gasteiger partial charge in [0, 0.05) is 48.2 Å². The van der Waals surface area contributed by atoms with Crippen molar-refractivity contribution >= 4 is 84.2 Å². The Balaban J connectivity index is 0.999. The van der Waals surface area contributed by atoms with E-state index in [1.54, 1.807) is 11.8 Å². The molecule has 0 bridgehead atoms. The van der Waals surface area contributed by atoms with Crippen LogP contribution in [0.1, 0.15) is 0 Å². The van der Waals surface area contributed by atoms with Crippen LogP contribution >= 0.6 is 23.3 Å². The van der Waals surface area contributed by atoms with Crippen molar-refractivity contribution in [1.82, 2.24) is 9.36 Å². The van der Waals surface area contributed by atoms with Gasteiger partial charge in [-0.1, -0.05) is 109 Å². The van der Waals surface area contributed by atoms with E-state index in [0.717, 1.165) is 88.2 Å². The molecule has 0 spiro atoms. The SMILES string of the molecule is c1cc(-c2nc(-c3cccc4c3oc3ccccc34)ns2)cc(N2c3ccccc3Sc3cc(-c4cccc5c4oc4ccccc45)ccc32)c1. The maximum Gasteiger partial charge on any atom is 0.177 e. The first-order valence-corrected chi connectivity index (χ1v) is 18.3. The summed E-state index contributed by atoms with van der Waals surface area (Å²) in [5.41, 5.74) is 11.0. The second kappa shape index (κ2) is 11.2. The minimum absolute atomic E-state index is 0.669. The smallest absolute Gasteiger partial charge is 0.177 e. The average Bonchev–Trinajstić information content (AvgIpc) is 3.93. The van der Waals surface area contributed by atoms with Gasteiger partial charge in [0.2, 0.25) is 0 Å². The lowest BCUT2D eigenvalue weighted by Crippen LogP contribution is -2.14. The fraction of sp³-hybridized carbons (Fsp3) is 0. The molecule has 0 N–H and O–H groups in total. The van der Waals surface area contributed by atoms with Crippen LogP contribution in [0.5, 0.6) is 0 Å². The largest absolute Gasteiger partial charge is 0.455 e. The van der Waals surface area contributed by atoms with Crippen molar-refractivity contribution < 1.29 is 8.83 Å². The summed E-state index contributed by atoms with van der Waals surface area (Å²) in [5, 5.41) is 5.28. The Morgan fingerprint density at radius 2 is 1.14 bits per heavy atom. The van der Waals surface area contributed by atoms with E-state index in [1.165, 1.54) is 21.3 Å². The highest BCUT2D eigenvalue weighted by Crippen LogP contribution is 2.53. The van der Waals surface area contributed by atoms with Crippen molar-refractivity contribution in [2.75, 3.05) is 4.90 Å². The second-order valence-corrected chi connectivity index (χ2v) is 14.5. The van der Waals surface area contributed by atoms with Gasteiger partial charge in [-0.05, 0) is 71.7 Å². The number of furan rings is 2. The molecule has 0 amide bonds. The van der Waals surface area contributed by atoms with Gasteiger partial charge in [-0.3, -0.25) is 0 Å². The molecular formula is C44H25N3O2S2. The zero-order chi connectivity index (χ0) is 33.5. The molecule has 5 nitrogen and oxygen atoms in total. The fourth-order valence-electron chi connectivity index (χ4n) is 7.33.